The molecule has 0 aromatic heterocycles. The lowest BCUT2D eigenvalue weighted by atomic mass is 10.2. The van der Waals surface area contributed by atoms with Crippen molar-refractivity contribution in [1.29, 1.82) is 0 Å². The number of carbonyl (C=O) groups excluding carboxylic acids is 1. The zero-order valence-electron chi connectivity index (χ0n) is 11.3. The minimum Gasteiger partial charge on any atom is -0.453 e. The quantitative estimate of drug-likeness (QED) is 0.850. The summed E-state index contributed by atoms with van der Waals surface area (Å²) in [5.41, 5.74) is 2.53. The number of amides is 1. The van der Waals surface area contributed by atoms with E-state index in [0.29, 0.717) is 22.3 Å². The first kappa shape index (κ1) is 15.5. The van der Waals surface area contributed by atoms with Gasteiger partial charge in [0.15, 0.2) is 0 Å². The summed E-state index contributed by atoms with van der Waals surface area (Å²) in [4.78, 5) is 11.2. The van der Waals surface area contributed by atoms with Gasteiger partial charge in [-0.05, 0) is 35.9 Å². The second-order valence-electron chi connectivity index (χ2n) is 4.30. The van der Waals surface area contributed by atoms with Crippen molar-refractivity contribution in [2.24, 2.45) is 0 Å². The molecule has 0 saturated heterocycles. The van der Waals surface area contributed by atoms with E-state index in [4.69, 9.17) is 23.2 Å². The molecule has 0 aliphatic carbocycles. The maximum absolute atomic E-state index is 11.2. The molecule has 2 aromatic carbocycles. The van der Waals surface area contributed by atoms with Crippen molar-refractivity contribution in [2.45, 2.75) is 6.54 Å². The Labute approximate surface area is 133 Å². The van der Waals surface area contributed by atoms with E-state index in [1.807, 2.05) is 30.3 Å². The summed E-state index contributed by atoms with van der Waals surface area (Å²) >= 11 is 11.8. The van der Waals surface area contributed by atoms with Crippen molar-refractivity contribution < 1.29 is 9.53 Å². The monoisotopic (exact) mass is 324 g/mol. The Morgan fingerprint density at radius 1 is 1.10 bits per heavy atom. The fourth-order valence-corrected chi connectivity index (χ4v) is 2.05. The number of hydrogen-bond acceptors (Lipinski definition) is 3. The molecular weight excluding hydrogens is 311 g/mol. The van der Waals surface area contributed by atoms with E-state index in [1.54, 1.807) is 12.1 Å². The van der Waals surface area contributed by atoms with Crippen LogP contribution in [0.3, 0.4) is 0 Å². The molecule has 0 saturated carbocycles. The summed E-state index contributed by atoms with van der Waals surface area (Å²) in [5, 5.41) is 6.91. The summed E-state index contributed by atoms with van der Waals surface area (Å²) < 4.78 is 4.55. The van der Waals surface area contributed by atoms with Gasteiger partial charge >= 0.3 is 6.09 Å². The molecule has 1 amide bonds. The number of carbonyl (C=O) groups is 1. The summed E-state index contributed by atoms with van der Waals surface area (Å²) in [6.45, 7) is 0.596. The third-order valence-electron chi connectivity index (χ3n) is 2.78. The third kappa shape index (κ3) is 4.55. The van der Waals surface area contributed by atoms with Gasteiger partial charge in [0.2, 0.25) is 0 Å². The van der Waals surface area contributed by atoms with Crippen LogP contribution in [-0.2, 0) is 11.3 Å². The van der Waals surface area contributed by atoms with E-state index in [1.165, 1.54) is 7.11 Å². The molecule has 0 atom stereocenters. The van der Waals surface area contributed by atoms with E-state index in [-0.39, 0.29) is 0 Å². The maximum Gasteiger partial charge on any atom is 0.411 e. The Balaban J connectivity index is 2.01. The van der Waals surface area contributed by atoms with Gasteiger partial charge in [0.25, 0.3) is 0 Å². The van der Waals surface area contributed by atoms with E-state index in [9.17, 15) is 4.79 Å². The number of halogens is 2. The smallest absolute Gasteiger partial charge is 0.411 e. The molecule has 0 bridgehead atoms. The van der Waals surface area contributed by atoms with Gasteiger partial charge in [0, 0.05) is 17.9 Å². The fourth-order valence-electron chi connectivity index (χ4n) is 1.73. The first-order valence-electron chi connectivity index (χ1n) is 6.21. The SMILES string of the molecule is COC(=O)Nc1cccc(NCc2ccc(Cl)c(Cl)c2)c1. The van der Waals surface area contributed by atoms with Crippen LogP contribution < -0.4 is 10.6 Å². The average Bonchev–Trinajstić information content (AvgIpc) is 2.49. The van der Waals surface area contributed by atoms with E-state index in [0.717, 1.165) is 11.3 Å². The van der Waals surface area contributed by atoms with Gasteiger partial charge in [0.1, 0.15) is 0 Å². The van der Waals surface area contributed by atoms with Crippen LogP contribution in [0.4, 0.5) is 16.2 Å². The molecule has 2 N–H and O–H groups in total. The average molecular weight is 325 g/mol. The molecule has 0 heterocycles. The zero-order valence-corrected chi connectivity index (χ0v) is 12.8. The second kappa shape index (κ2) is 7.20. The Kier molecular flexibility index (Phi) is 5.31. The van der Waals surface area contributed by atoms with Gasteiger partial charge in [-0.3, -0.25) is 5.32 Å². The highest BCUT2D eigenvalue weighted by Gasteiger charge is 2.02. The molecular formula is C15H14Cl2N2O2. The third-order valence-corrected chi connectivity index (χ3v) is 3.51. The fraction of sp³-hybridized carbons (Fsp3) is 0.133. The van der Waals surface area contributed by atoms with Crippen molar-refractivity contribution in [2.75, 3.05) is 17.7 Å². The van der Waals surface area contributed by atoms with Gasteiger partial charge in [0.05, 0.1) is 17.2 Å². The molecule has 0 unspecified atom stereocenters. The summed E-state index contributed by atoms with van der Waals surface area (Å²) in [5.74, 6) is 0. The maximum atomic E-state index is 11.2. The van der Waals surface area contributed by atoms with Crippen molar-refractivity contribution in [3.63, 3.8) is 0 Å². The molecule has 110 valence electrons. The number of rotatable bonds is 4. The predicted octanol–water partition coefficient (Wildman–Crippen LogP) is 4.78. The highest BCUT2D eigenvalue weighted by molar-refractivity contribution is 6.42. The lowest BCUT2D eigenvalue weighted by Crippen LogP contribution is -2.11. The van der Waals surface area contributed by atoms with Crippen molar-refractivity contribution in [1.82, 2.24) is 0 Å². The van der Waals surface area contributed by atoms with Crippen molar-refractivity contribution in [3.8, 4) is 0 Å². The van der Waals surface area contributed by atoms with E-state index < -0.39 is 6.09 Å². The van der Waals surface area contributed by atoms with E-state index in [2.05, 4.69) is 15.4 Å². The largest absolute Gasteiger partial charge is 0.453 e. The predicted molar refractivity (Wildman–Crippen MR) is 86.3 cm³/mol. The molecule has 2 rings (SSSR count). The summed E-state index contributed by atoms with van der Waals surface area (Å²) in [6.07, 6.45) is -0.503. The van der Waals surface area contributed by atoms with Gasteiger partial charge < -0.3 is 10.1 Å². The summed E-state index contributed by atoms with van der Waals surface area (Å²) in [6, 6.07) is 12.8. The molecule has 0 radical (unpaired) electrons. The first-order valence-corrected chi connectivity index (χ1v) is 6.97. The van der Waals surface area contributed by atoms with Crippen LogP contribution in [0.25, 0.3) is 0 Å². The molecule has 6 heteroatoms. The minimum atomic E-state index is -0.503. The van der Waals surface area contributed by atoms with Gasteiger partial charge in [-0.1, -0.05) is 35.3 Å². The highest BCUT2D eigenvalue weighted by Crippen LogP contribution is 2.23. The first-order chi connectivity index (χ1) is 10.1. The molecule has 0 spiro atoms. The van der Waals surface area contributed by atoms with E-state index >= 15 is 0 Å². The number of anilines is 2. The minimum absolute atomic E-state index is 0.503. The molecule has 2 aromatic rings. The Hall–Kier alpha value is -1.91. The molecule has 0 fully saturated rings. The Bertz CT molecular complexity index is 647. The van der Waals surface area contributed by atoms with Gasteiger partial charge in [-0.15, -0.1) is 0 Å². The highest BCUT2D eigenvalue weighted by atomic mass is 35.5. The van der Waals surface area contributed by atoms with Gasteiger partial charge in [-0.25, -0.2) is 4.79 Å². The van der Waals surface area contributed by atoms with Crippen LogP contribution >= 0.6 is 23.2 Å². The number of nitrogens with one attached hydrogen (secondary N) is 2. The van der Waals surface area contributed by atoms with Crippen molar-refractivity contribution >= 4 is 40.7 Å². The van der Waals surface area contributed by atoms with Gasteiger partial charge in [-0.2, -0.15) is 0 Å². The lowest BCUT2D eigenvalue weighted by molar-refractivity contribution is 0.187. The van der Waals surface area contributed by atoms with Crippen LogP contribution in [0.15, 0.2) is 42.5 Å². The lowest BCUT2D eigenvalue weighted by Gasteiger charge is -2.09. The van der Waals surface area contributed by atoms with Crippen LogP contribution in [-0.4, -0.2) is 13.2 Å². The number of ether oxygens (including phenoxy) is 1. The second-order valence-corrected chi connectivity index (χ2v) is 5.11. The van der Waals surface area contributed by atoms with Crippen LogP contribution in [0.2, 0.25) is 10.0 Å². The molecule has 4 nitrogen and oxygen atoms in total. The number of methoxy groups -OCH3 is 1. The summed E-state index contributed by atoms with van der Waals surface area (Å²) in [7, 11) is 1.32. The molecule has 21 heavy (non-hydrogen) atoms. The standard InChI is InChI=1S/C15H14Cl2N2O2/c1-21-15(20)19-12-4-2-3-11(8-12)18-9-10-5-6-13(16)14(17)7-10/h2-8,18H,9H2,1H3,(H,19,20). The zero-order chi connectivity index (χ0) is 15.2. The Morgan fingerprint density at radius 3 is 2.57 bits per heavy atom. The molecule has 0 aliphatic rings. The topological polar surface area (TPSA) is 50.4 Å². The van der Waals surface area contributed by atoms with Crippen LogP contribution in [0, 0.1) is 0 Å². The van der Waals surface area contributed by atoms with Crippen molar-refractivity contribution in [3.05, 3.63) is 58.1 Å². The van der Waals surface area contributed by atoms with Crippen LogP contribution in [0.1, 0.15) is 5.56 Å². The Morgan fingerprint density at radius 2 is 1.86 bits per heavy atom. The molecule has 0 aliphatic heterocycles. The number of benzene rings is 2. The number of hydrogen-bond donors (Lipinski definition) is 2. The van der Waals surface area contributed by atoms with Crippen LogP contribution in [0.5, 0.6) is 0 Å². The normalized spacial score (nSPS) is 10.0.